The normalized spacial score (nSPS) is 22.6. The van der Waals surface area contributed by atoms with Gasteiger partial charge in [0.2, 0.25) is 0 Å². The molecule has 5 N–H and O–H groups in total. The number of primary amides is 1. The molecular formula is C8H18N4O. The summed E-state index contributed by atoms with van der Waals surface area (Å²) >= 11 is 0. The van der Waals surface area contributed by atoms with Crippen molar-refractivity contribution in [1.29, 1.82) is 0 Å². The first kappa shape index (κ1) is 10.3. The molecule has 1 fully saturated rings. The highest BCUT2D eigenvalue weighted by molar-refractivity contribution is 5.72. The quantitative estimate of drug-likeness (QED) is 0.521. The second-order valence-electron chi connectivity index (χ2n) is 3.78. The second-order valence-corrected chi connectivity index (χ2v) is 3.78. The predicted molar refractivity (Wildman–Crippen MR) is 51.2 cm³/mol. The number of rotatable bonds is 2. The Morgan fingerprint density at radius 2 is 2.08 bits per heavy atom. The Morgan fingerprint density at radius 1 is 1.54 bits per heavy atom. The summed E-state index contributed by atoms with van der Waals surface area (Å²) in [6.45, 7) is 2.37. The van der Waals surface area contributed by atoms with Gasteiger partial charge < -0.3 is 21.7 Å². The first-order chi connectivity index (χ1) is 6.08. The number of nitrogens with two attached hydrogens (primary N) is 2. The molecule has 0 unspecified atom stereocenters. The Hall–Kier alpha value is -0.810. The monoisotopic (exact) mass is 186 g/mol. The summed E-state index contributed by atoms with van der Waals surface area (Å²) in [6, 6.07) is -0.477. The zero-order chi connectivity index (χ0) is 9.90. The fraction of sp³-hybridized carbons (Fsp3) is 0.875. The molecule has 0 aromatic rings. The van der Waals surface area contributed by atoms with Crippen LogP contribution in [0, 0.1) is 0 Å². The van der Waals surface area contributed by atoms with Crippen LogP contribution in [0.25, 0.3) is 0 Å². The highest BCUT2D eigenvalue weighted by Crippen LogP contribution is 2.19. The number of nitrogens with one attached hydrogen (secondary N) is 1. The SMILES string of the molecule is CN1CCC(CN)(NC(N)=O)CC1. The van der Waals surface area contributed by atoms with Gasteiger partial charge in [-0.05, 0) is 19.9 Å². The molecule has 0 aromatic carbocycles. The van der Waals surface area contributed by atoms with Crippen LogP contribution in [0.15, 0.2) is 0 Å². The first-order valence-corrected chi connectivity index (χ1v) is 4.54. The number of nitrogens with zero attached hydrogens (tertiary/aromatic N) is 1. The third-order valence-corrected chi connectivity index (χ3v) is 2.72. The molecule has 13 heavy (non-hydrogen) atoms. The molecule has 0 aromatic heterocycles. The molecule has 0 spiro atoms. The van der Waals surface area contributed by atoms with Crippen molar-refractivity contribution in [3.05, 3.63) is 0 Å². The standard InChI is InChI=1S/C8H18N4O/c1-12-4-2-8(6-9,3-5-12)11-7(10)13/h2-6,9H2,1H3,(H3,10,11,13). The maximum absolute atomic E-state index is 10.8. The minimum Gasteiger partial charge on any atom is -0.352 e. The van der Waals surface area contributed by atoms with Crippen LogP contribution < -0.4 is 16.8 Å². The van der Waals surface area contributed by atoms with Gasteiger partial charge in [0, 0.05) is 19.6 Å². The van der Waals surface area contributed by atoms with E-state index in [9.17, 15) is 4.79 Å². The van der Waals surface area contributed by atoms with Crippen LogP contribution in [0.1, 0.15) is 12.8 Å². The molecule has 1 aliphatic heterocycles. The zero-order valence-electron chi connectivity index (χ0n) is 8.05. The topological polar surface area (TPSA) is 84.4 Å². The second kappa shape index (κ2) is 3.93. The zero-order valence-corrected chi connectivity index (χ0v) is 8.05. The van der Waals surface area contributed by atoms with Crippen molar-refractivity contribution < 1.29 is 4.79 Å². The van der Waals surface area contributed by atoms with Gasteiger partial charge in [0.25, 0.3) is 0 Å². The number of carbonyl (C=O) groups is 1. The van der Waals surface area contributed by atoms with Gasteiger partial charge in [-0.15, -0.1) is 0 Å². The van der Waals surface area contributed by atoms with Crippen LogP contribution in [-0.2, 0) is 0 Å². The van der Waals surface area contributed by atoms with Crippen molar-refractivity contribution in [2.45, 2.75) is 18.4 Å². The number of hydrogen-bond acceptors (Lipinski definition) is 3. The van der Waals surface area contributed by atoms with Gasteiger partial charge in [-0.3, -0.25) is 0 Å². The third-order valence-electron chi connectivity index (χ3n) is 2.72. The van der Waals surface area contributed by atoms with Gasteiger partial charge >= 0.3 is 6.03 Å². The van der Waals surface area contributed by atoms with Gasteiger partial charge in [0.1, 0.15) is 0 Å². The van der Waals surface area contributed by atoms with Gasteiger partial charge in [0.15, 0.2) is 0 Å². The number of likely N-dealkylation sites (tertiary alicyclic amines) is 1. The van der Waals surface area contributed by atoms with E-state index in [4.69, 9.17) is 11.5 Å². The average Bonchev–Trinajstić information content (AvgIpc) is 2.09. The number of urea groups is 1. The highest BCUT2D eigenvalue weighted by Gasteiger charge is 2.33. The number of amides is 2. The van der Waals surface area contributed by atoms with Crippen LogP contribution in [-0.4, -0.2) is 43.2 Å². The molecular weight excluding hydrogens is 168 g/mol. The lowest BCUT2D eigenvalue weighted by Gasteiger charge is -2.39. The smallest absolute Gasteiger partial charge is 0.312 e. The molecule has 0 saturated carbocycles. The van der Waals surface area contributed by atoms with E-state index in [-0.39, 0.29) is 5.54 Å². The van der Waals surface area contributed by atoms with Crippen molar-refractivity contribution in [2.75, 3.05) is 26.7 Å². The lowest BCUT2D eigenvalue weighted by atomic mass is 9.88. The minimum absolute atomic E-state index is 0.266. The predicted octanol–water partition coefficient (Wildman–Crippen LogP) is -0.922. The van der Waals surface area contributed by atoms with Crippen LogP contribution in [0.5, 0.6) is 0 Å². The summed E-state index contributed by atoms with van der Waals surface area (Å²) in [5.41, 5.74) is 10.5. The molecule has 1 aliphatic rings. The Kier molecular flexibility index (Phi) is 3.11. The van der Waals surface area contributed by atoms with Crippen LogP contribution in [0.3, 0.4) is 0 Å². The summed E-state index contributed by atoms with van der Waals surface area (Å²) in [6.07, 6.45) is 1.76. The lowest BCUT2D eigenvalue weighted by molar-refractivity contribution is 0.164. The maximum atomic E-state index is 10.8. The molecule has 1 saturated heterocycles. The first-order valence-electron chi connectivity index (χ1n) is 4.54. The van der Waals surface area contributed by atoms with Gasteiger partial charge in [-0.2, -0.15) is 0 Å². The largest absolute Gasteiger partial charge is 0.352 e. The van der Waals surface area contributed by atoms with Gasteiger partial charge in [-0.1, -0.05) is 0 Å². The van der Waals surface area contributed by atoms with Crippen molar-refractivity contribution in [3.8, 4) is 0 Å². The molecule has 2 amide bonds. The van der Waals surface area contributed by atoms with Crippen molar-refractivity contribution in [1.82, 2.24) is 10.2 Å². The third kappa shape index (κ3) is 2.57. The van der Waals surface area contributed by atoms with E-state index in [1.165, 1.54) is 0 Å². The molecule has 0 aliphatic carbocycles. The van der Waals surface area contributed by atoms with E-state index in [2.05, 4.69) is 17.3 Å². The van der Waals surface area contributed by atoms with Gasteiger partial charge in [-0.25, -0.2) is 4.79 Å². The van der Waals surface area contributed by atoms with E-state index in [1.807, 2.05) is 0 Å². The Morgan fingerprint density at radius 3 is 2.46 bits per heavy atom. The van der Waals surface area contributed by atoms with E-state index in [0.717, 1.165) is 25.9 Å². The van der Waals surface area contributed by atoms with E-state index in [1.54, 1.807) is 0 Å². The van der Waals surface area contributed by atoms with E-state index >= 15 is 0 Å². The number of hydrogen-bond donors (Lipinski definition) is 3. The van der Waals surface area contributed by atoms with Crippen LogP contribution in [0.2, 0.25) is 0 Å². The Bertz CT molecular complexity index is 187. The van der Waals surface area contributed by atoms with Gasteiger partial charge in [0.05, 0.1) is 5.54 Å². The van der Waals surface area contributed by atoms with Crippen LogP contribution >= 0.6 is 0 Å². The van der Waals surface area contributed by atoms with E-state index < -0.39 is 6.03 Å². The molecule has 5 heteroatoms. The highest BCUT2D eigenvalue weighted by atomic mass is 16.2. The van der Waals surface area contributed by atoms with Crippen molar-refractivity contribution in [3.63, 3.8) is 0 Å². The molecule has 0 bridgehead atoms. The molecule has 0 atom stereocenters. The molecule has 1 heterocycles. The summed E-state index contributed by atoms with van der Waals surface area (Å²) in [5, 5.41) is 2.75. The molecule has 0 radical (unpaired) electrons. The van der Waals surface area contributed by atoms with Crippen LogP contribution in [0.4, 0.5) is 4.79 Å². The van der Waals surface area contributed by atoms with E-state index in [0.29, 0.717) is 6.54 Å². The molecule has 5 nitrogen and oxygen atoms in total. The summed E-state index contributed by atoms with van der Waals surface area (Å²) < 4.78 is 0. The lowest BCUT2D eigenvalue weighted by Crippen LogP contribution is -2.59. The summed E-state index contributed by atoms with van der Waals surface area (Å²) in [5.74, 6) is 0. The molecule has 1 rings (SSSR count). The maximum Gasteiger partial charge on any atom is 0.312 e. The fourth-order valence-electron chi connectivity index (χ4n) is 1.69. The van der Waals surface area contributed by atoms with Crippen molar-refractivity contribution >= 4 is 6.03 Å². The Balaban J connectivity index is 2.55. The fourth-order valence-corrected chi connectivity index (χ4v) is 1.69. The summed E-state index contributed by atoms with van der Waals surface area (Å²) in [4.78, 5) is 13.0. The average molecular weight is 186 g/mol. The van der Waals surface area contributed by atoms with Crippen molar-refractivity contribution in [2.24, 2.45) is 11.5 Å². The number of piperidine rings is 1. The summed E-state index contributed by atoms with van der Waals surface area (Å²) in [7, 11) is 2.06. The number of carbonyl (C=O) groups excluding carboxylic acids is 1. The minimum atomic E-state index is -0.477. The molecule has 76 valence electrons. The Labute approximate surface area is 78.4 Å².